The van der Waals surface area contributed by atoms with Crippen LogP contribution in [0.4, 0.5) is 10.5 Å². The van der Waals surface area contributed by atoms with Crippen molar-refractivity contribution in [3.8, 4) is 5.75 Å². The van der Waals surface area contributed by atoms with Crippen LogP contribution >= 0.6 is 11.6 Å². The number of hydrogen-bond donors (Lipinski definition) is 2. The van der Waals surface area contributed by atoms with E-state index in [1.807, 2.05) is 0 Å². The molecule has 124 valence electrons. The lowest BCUT2D eigenvalue weighted by Crippen LogP contribution is -2.26. The Morgan fingerprint density at radius 2 is 2.00 bits per heavy atom. The highest BCUT2D eigenvalue weighted by atomic mass is 35.5. The number of rotatable bonds is 5. The number of carbonyl (C=O) groups excluding carboxylic acids is 1. The van der Waals surface area contributed by atoms with Gasteiger partial charge in [0.2, 0.25) is 0 Å². The molecule has 0 aliphatic rings. The molecule has 0 fully saturated rings. The van der Waals surface area contributed by atoms with Crippen molar-refractivity contribution in [2.75, 3.05) is 7.11 Å². The van der Waals surface area contributed by atoms with Gasteiger partial charge in [-0.15, -0.1) is 0 Å². The van der Waals surface area contributed by atoms with Crippen LogP contribution in [0.5, 0.6) is 5.75 Å². The van der Waals surface area contributed by atoms with E-state index in [1.54, 1.807) is 30.3 Å². The number of amides is 2. The van der Waals surface area contributed by atoms with Gasteiger partial charge in [0, 0.05) is 22.2 Å². The van der Waals surface area contributed by atoms with Crippen LogP contribution in [0.2, 0.25) is 5.02 Å². The van der Waals surface area contributed by atoms with Crippen LogP contribution in [0.15, 0.2) is 47.6 Å². The zero-order valence-electron chi connectivity index (χ0n) is 12.5. The molecule has 0 unspecified atom stereocenters. The van der Waals surface area contributed by atoms with E-state index >= 15 is 0 Å². The first kappa shape index (κ1) is 17.2. The number of urea groups is 1. The number of hydrazone groups is 1. The smallest absolute Gasteiger partial charge is 0.332 e. The fourth-order valence-electron chi connectivity index (χ4n) is 2.02. The molecule has 0 saturated carbocycles. The van der Waals surface area contributed by atoms with Gasteiger partial charge in [-0.1, -0.05) is 23.7 Å². The predicted molar refractivity (Wildman–Crippen MR) is 89.5 cm³/mol. The number of ether oxygens (including phenoxy) is 1. The molecule has 0 spiro atoms. The zero-order chi connectivity index (χ0) is 17.7. The van der Waals surface area contributed by atoms with Crippen molar-refractivity contribution in [3.63, 3.8) is 0 Å². The molecule has 2 amide bonds. The molecule has 2 aromatic rings. The average Bonchev–Trinajstić information content (AvgIpc) is 2.54. The summed E-state index contributed by atoms with van der Waals surface area (Å²) in [7, 11) is 1.34. The van der Waals surface area contributed by atoms with Gasteiger partial charge in [0.15, 0.2) is 5.75 Å². The average molecular weight is 349 g/mol. The van der Waals surface area contributed by atoms with Gasteiger partial charge >= 0.3 is 11.7 Å². The first-order chi connectivity index (χ1) is 11.4. The number of hydrogen-bond acceptors (Lipinski definition) is 5. The second-order valence-corrected chi connectivity index (χ2v) is 5.03. The fraction of sp³-hybridized carbons (Fsp3) is 0.0667. The van der Waals surface area contributed by atoms with Crippen LogP contribution in [0.3, 0.4) is 0 Å². The van der Waals surface area contributed by atoms with E-state index < -0.39 is 11.0 Å². The van der Waals surface area contributed by atoms with Crippen molar-refractivity contribution in [1.29, 1.82) is 0 Å². The van der Waals surface area contributed by atoms with E-state index in [-0.39, 0.29) is 17.1 Å². The lowest BCUT2D eigenvalue weighted by Gasteiger charge is -2.09. The monoisotopic (exact) mass is 348 g/mol. The summed E-state index contributed by atoms with van der Waals surface area (Å²) in [6.07, 6.45) is 0. The van der Waals surface area contributed by atoms with Crippen molar-refractivity contribution in [3.05, 3.63) is 68.7 Å². The molecule has 0 heterocycles. The second kappa shape index (κ2) is 7.42. The Labute approximate surface area is 142 Å². The molecule has 8 nitrogen and oxygen atoms in total. The summed E-state index contributed by atoms with van der Waals surface area (Å²) in [5.41, 5.74) is 8.13. The molecule has 0 atom stereocenters. The highest BCUT2D eigenvalue weighted by Gasteiger charge is 2.18. The molecule has 9 heteroatoms. The molecule has 0 aliphatic carbocycles. The van der Waals surface area contributed by atoms with Gasteiger partial charge in [-0.25, -0.2) is 10.2 Å². The maximum absolute atomic E-state index is 11.2. The number of methoxy groups -OCH3 is 1. The largest absolute Gasteiger partial charge is 0.490 e. The number of carbonyl (C=O) groups is 1. The van der Waals surface area contributed by atoms with Crippen LogP contribution in [0.1, 0.15) is 11.1 Å². The van der Waals surface area contributed by atoms with Crippen molar-refractivity contribution in [1.82, 2.24) is 5.43 Å². The SMILES string of the molecule is COc1ccc(C(=NNC(N)=O)c2cccc(Cl)c2)cc1[N+](=O)[O-]. The minimum absolute atomic E-state index is 0.108. The summed E-state index contributed by atoms with van der Waals surface area (Å²) in [4.78, 5) is 21.6. The number of nitro benzene ring substituents is 1. The summed E-state index contributed by atoms with van der Waals surface area (Å²) in [6.45, 7) is 0. The Bertz CT molecular complexity index is 823. The van der Waals surface area contributed by atoms with Crippen molar-refractivity contribution in [2.45, 2.75) is 0 Å². The Hall–Kier alpha value is -3.13. The molecular formula is C15H13ClN4O4. The Morgan fingerprint density at radius 3 is 2.58 bits per heavy atom. The quantitative estimate of drug-likeness (QED) is 0.490. The maximum Gasteiger partial charge on any atom is 0.332 e. The molecule has 0 bridgehead atoms. The van der Waals surface area contributed by atoms with E-state index in [2.05, 4.69) is 10.5 Å². The molecule has 0 saturated heterocycles. The first-order valence-electron chi connectivity index (χ1n) is 6.64. The molecule has 0 aromatic heterocycles. The molecule has 0 aliphatic heterocycles. The highest BCUT2D eigenvalue weighted by molar-refractivity contribution is 6.31. The van der Waals surface area contributed by atoms with Gasteiger partial charge in [-0.2, -0.15) is 5.10 Å². The summed E-state index contributed by atoms with van der Waals surface area (Å²) >= 11 is 5.97. The molecule has 24 heavy (non-hydrogen) atoms. The lowest BCUT2D eigenvalue weighted by atomic mass is 10.0. The van der Waals surface area contributed by atoms with Gasteiger partial charge in [-0.05, 0) is 24.3 Å². The lowest BCUT2D eigenvalue weighted by molar-refractivity contribution is -0.385. The number of nitrogens with zero attached hydrogens (tertiary/aromatic N) is 2. The minimum atomic E-state index is -0.863. The second-order valence-electron chi connectivity index (χ2n) is 4.59. The van der Waals surface area contributed by atoms with E-state index in [0.29, 0.717) is 16.1 Å². The third kappa shape index (κ3) is 3.99. The van der Waals surface area contributed by atoms with Gasteiger partial charge in [0.25, 0.3) is 0 Å². The number of nitrogens with one attached hydrogen (secondary N) is 1. The van der Waals surface area contributed by atoms with Gasteiger partial charge in [0.1, 0.15) is 0 Å². The topological polar surface area (TPSA) is 120 Å². The van der Waals surface area contributed by atoms with Crippen LogP contribution < -0.4 is 15.9 Å². The molecular weight excluding hydrogens is 336 g/mol. The minimum Gasteiger partial charge on any atom is -0.490 e. The van der Waals surface area contributed by atoms with Crippen LogP contribution in [-0.2, 0) is 0 Å². The molecule has 3 N–H and O–H groups in total. The normalized spacial score (nSPS) is 11.0. The maximum atomic E-state index is 11.2. The summed E-state index contributed by atoms with van der Waals surface area (Å²) in [5, 5.41) is 15.6. The predicted octanol–water partition coefficient (Wildman–Crippen LogP) is 2.68. The van der Waals surface area contributed by atoms with Gasteiger partial charge in [-0.3, -0.25) is 10.1 Å². The van der Waals surface area contributed by atoms with Crippen LogP contribution in [0.25, 0.3) is 0 Å². The summed E-state index contributed by atoms with van der Waals surface area (Å²) in [5.74, 6) is 0.108. The molecule has 2 aromatic carbocycles. The zero-order valence-corrected chi connectivity index (χ0v) is 13.3. The summed E-state index contributed by atoms with van der Waals surface area (Å²) < 4.78 is 4.97. The summed E-state index contributed by atoms with van der Waals surface area (Å²) in [6, 6.07) is 10.1. The fourth-order valence-corrected chi connectivity index (χ4v) is 2.21. The van der Waals surface area contributed by atoms with E-state index in [9.17, 15) is 14.9 Å². The number of nitro groups is 1. The molecule has 2 rings (SSSR count). The first-order valence-corrected chi connectivity index (χ1v) is 7.02. The van der Waals surface area contributed by atoms with Crippen molar-refractivity contribution in [2.24, 2.45) is 10.8 Å². The number of benzene rings is 2. The highest BCUT2D eigenvalue weighted by Crippen LogP contribution is 2.29. The van der Waals surface area contributed by atoms with Gasteiger partial charge in [0.05, 0.1) is 17.7 Å². The standard InChI is InChI=1S/C15H13ClN4O4/c1-24-13-6-5-10(8-12(13)20(22)23)14(18-19-15(17)21)9-3-2-4-11(16)7-9/h2-8H,1H3,(H3,17,19,21). The third-order valence-electron chi connectivity index (χ3n) is 3.02. The Kier molecular flexibility index (Phi) is 5.33. The van der Waals surface area contributed by atoms with E-state index in [4.69, 9.17) is 22.1 Å². The third-order valence-corrected chi connectivity index (χ3v) is 3.26. The van der Waals surface area contributed by atoms with Gasteiger partial charge < -0.3 is 10.5 Å². The van der Waals surface area contributed by atoms with Crippen LogP contribution in [-0.4, -0.2) is 23.8 Å². The van der Waals surface area contributed by atoms with Crippen molar-refractivity contribution >= 4 is 29.0 Å². The Morgan fingerprint density at radius 1 is 1.29 bits per heavy atom. The molecule has 0 radical (unpaired) electrons. The number of primary amides is 1. The van der Waals surface area contributed by atoms with Crippen molar-refractivity contribution < 1.29 is 14.5 Å². The van der Waals surface area contributed by atoms with Crippen LogP contribution in [0, 0.1) is 10.1 Å². The van der Waals surface area contributed by atoms with E-state index in [0.717, 1.165) is 0 Å². The number of halogens is 1. The Balaban J connectivity index is 2.59. The van der Waals surface area contributed by atoms with E-state index in [1.165, 1.54) is 19.2 Å². The number of nitrogens with two attached hydrogens (primary N) is 1.